The van der Waals surface area contributed by atoms with E-state index in [1.165, 1.54) is 19.3 Å². The molecule has 2 unspecified atom stereocenters. The van der Waals surface area contributed by atoms with Crippen LogP contribution in [0.2, 0.25) is 0 Å². The predicted octanol–water partition coefficient (Wildman–Crippen LogP) is 0.892. The molecule has 0 aromatic rings. The third-order valence-electron chi connectivity index (χ3n) is 5.45. The topological polar surface area (TPSA) is 61.4 Å². The number of nitrogens with one attached hydrogen (secondary N) is 2. The first-order valence-corrected chi connectivity index (χ1v) is 8.45. The summed E-state index contributed by atoms with van der Waals surface area (Å²) in [5.41, 5.74) is 0. The number of rotatable bonds is 4. The number of hydrogen-bond acceptors (Lipinski definition) is 3. The first-order valence-electron chi connectivity index (χ1n) is 8.45. The molecule has 0 radical (unpaired) electrons. The van der Waals surface area contributed by atoms with Crippen molar-refractivity contribution in [1.82, 2.24) is 15.5 Å². The number of carbonyl (C=O) groups excluding carboxylic acids is 2. The summed E-state index contributed by atoms with van der Waals surface area (Å²) in [5, 5.41) is 6.30. The zero-order chi connectivity index (χ0) is 14.8. The molecule has 2 heterocycles. The number of amides is 2. The minimum Gasteiger partial charge on any atom is -0.351 e. The van der Waals surface area contributed by atoms with E-state index >= 15 is 0 Å². The zero-order valence-corrected chi connectivity index (χ0v) is 12.9. The summed E-state index contributed by atoms with van der Waals surface area (Å²) >= 11 is 0. The highest BCUT2D eigenvalue weighted by molar-refractivity contribution is 5.83. The van der Waals surface area contributed by atoms with E-state index in [4.69, 9.17) is 0 Å². The van der Waals surface area contributed by atoms with Crippen molar-refractivity contribution in [1.29, 1.82) is 0 Å². The summed E-state index contributed by atoms with van der Waals surface area (Å²) < 4.78 is 0. The molecular weight excluding hydrogens is 266 g/mol. The van der Waals surface area contributed by atoms with Crippen molar-refractivity contribution in [2.24, 2.45) is 11.8 Å². The van der Waals surface area contributed by atoms with Gasteiger partial charge in [-0.25, -0.2) is 0 Å². The molecule has 2 atom stereocenters. The highest BCUT2D eigenvalue weighted by Gasteiger charge is 2.37. The second-order valence-electron chi connectivity index (χ2n) is 6.95. The maximum atomic E-state index is 12.3. The smallest absolute Gasteiger partial charge is 0.225 e. The van der Waals surface area contributed by atoms with E-state index in [2.05, 4.69) is 10.6 Å². The van der Waals surface area contributed by atoms with Gasteiger partial charge in [0.05, 0.1) is 6.04 Å². The molecule has 3 rings (SSSR count). The van der Waals surface area contributed by atoms with Crippen LogP contribution in [-0.2, 0) is 9.59 Å². The molecular formula is C16H27N3O2. The van der Waals surface area contributed by atoms with E-state index in [-0.39, 0.29) is 23.8 Å². The lowest BCUT2D eigenvalue weighted by molar-refractivity contribution is -0.130. The van der Waals surface area contributed by atoms with Crippen LogP contribution in [0.5, 0.6) is 0 Å². The third-order valence-corrected chi connectivity index (χ3v) is 5.45. The average molecular weight is 293 g/mol. The molecule has 2 amide bonds. The van der Waals surface area contributed by atoms with Crippen molar-refractivity contribution in [2.45, 2.75) is 57.5 Å². The fourth-order valence-corrected chi connectivity index (χ4v) is 3.79. The molecule has 0 aromatic heterocycles. The van der Waals surface area contributed by atoms with Gasteiger partial charge in [0.1, 0.15) is 0 Å². The molecule has 5 nitrogen and oxygen atoms in total. The van der Waals surface area contributed by atoms with Gasteiger partial charge in [0, 0.05) is 24.9 Å². The Morgan fingerprint density at radius 3 is 2.62 bits per heavy atom. The lowest BCUT2D eigenvalue weighted by Gasteiger charge is -2.33. The van der Waals surface area contributed by atoms with Gasteiger partial charge in [-0.05, 0) is 31.8 Å². The van der Waals surface area contributed by atoms with E-state index in [0.29, 0.717) is 24.9 Å². The van der Waals surface area contributed by atoms with Crippen LogP contribution >= 0.6 is 0 Å². The van der Waals surface area contributed by atoms with Gasteiger partial charge in [-0.2, -0.15) is 0 Å². The van der Waals surface area contributed by atoms with Gasteiger partial charge in [-0.15, -0.1) is 0 Å². The minimum atomic E-state index is 0.0161. The van der Waals surface area contributed by atoms with Crippen LogP contribution in [0.1, 0.15) is 45.4 Å². The van der Waals surface area contributed by atoms with Crippen LogP contribution in [0.15, 0.2) is 0 Å². The number of nitrogens with zero attached hydrogens (tertiary/aromatic N) is 1. The van der Waals surface area contributed by atoms with Crippen LogP contribution < -0.4 is 10.6 Å². The van der Waals surface area contributed by atoms with Crippen LogP contribution in [0, 0.1) is 11.8 Å². The van der Waals surface area contributed by atoms with Crippen molar-refractivity contribution in [2.75, 3.05) is 19.6 Å². The molecule has 3 fully saturated rings. The van der Waals surface area contributed by atoms with E-state index in [9.17, 15) is 9.59 Å². The Bertz CT molecular complexity index is 402. The summed E-state index contributed by atoms with van der Waals surface area (Å²) in [4.78, 5) is 26.5. The largest absolute Gasteiger partial charge is 0.351 e. The van der Waals surface area contributed by atoms with Gasteiger partial charge in [-0.3, -0.25) is 9.59 Å². The molecule has 2 aliphatic heterocycles. The van der Waals surface area contributed by atoms with Gasteiger partial charge >= 0.3 is 0 Å². The molecule has 5 heteroatoms. The van der Waals surface area contributed by atoms with Crippen LogP contribution in [0.25, 0.3) is 0 Å². The zero-order valence-electron chi connectivity index (χ0n) is 12.9. The third kappa shape index (κ3) is 3.23. The second kappa shape index (κ2) is 6.34. The quantitative estimate of drug-likeness (QED) is 0.809. The van der Waals surface area contributed by atoms with E-state index in [0.717, 1.165) is 25.9 Å². The Morgan fingerprint density at radius 2 is 2.00 bits per heavy atom. The highest BCUT2D eigenvalue weighted by atomic mass is 16.2. The normalized spacial score (nSPS) is 29.3. The fourth-order valence-electron chi connectivity index (χ4n) is 3.79. The first kappa shape index (κ1) is 14.8. The van der Waals surface area contributed by atoms with Gasteiger partial charge in [0.25, 0.3) is 0 Å². The highest BCUT2D eigenvalue weighted by Crippen LogP contribution is 2.26. The monoisotopic (exact) mass is 293 g/mol. The molecule has 0 aromatic carbocycles. The van der Waals surface area contributed by atoms with Crippen molar-refractivity contribution >= 4 is 11.8 Å². The standard InChI is InChI=1S/C16H27N3O2/c1-11(12-8-17-9-12)16(21)18-13-7-15(20)19(10-13)14-5-3-2-4-6-14/h11-14,17H,2-10H2,1H3,(H,18,21). The molecule has 3 aliphatic rings. The molecule has 118 valence electrons. The molecule has 1 aliphatic carbocycles. The summed E-state index contributed by atoms with van der Waals surface area (Å²) in [5.74, 6) is 0.844. The summed E-state index contributed by atoms with van der Waals surface area (Å²) in [6, 6.07) is 0.434. The summed E-state index contributed by atoms with van der Waals surface area (Å²) in [6.07, 6.45) is 6.52. The van der Waals surface area contributed by atoms with Crippen molar-refractivity contribution in [3.63, 3.8) is 0 Å². The van der Waals surface area contributed by atoms with Crippen LogP contribution in [-0.4, -0.2) is 48.4 Å². The Morgan fingerprint density at radius 1 is 1.29 bits per heavy atom. The Kier molecular flexibility index (Phi) is 4.48. The van der Waals surface area contributed by atoms with E-state index in [1.54, 1.807) is 0 Å². The Hall–Kier alpha value is -1.10. The molecule has 0 spiro atoms. The van der Waals surface area contributed by atoms with Crippen molar-refractivity contribution < 1.29 is 9.59 Å². The average Bonchev–Trinajstić information content (AvgIpc) is 2.78. The number of hydrogen-bond donors (Lipinski definition) is 2. The van der Waals surface area contributed by atoms with Gasteiger partial charge in [-0.1, -0.05) is 26.2 Å². The van der Waals surface area contributed by atoms with Gasteiger partial charge in [0.2, 0.25) is 11.8 Å². The van der Waals surface area contributed by atoms with Gasteiger partial charge in [0.15, 0.2) is 0 Å². The lowest BCUT2D eigenvalue weighted by atomic mass is 9.88. The Balaban J connectivity index is 1.50. The van der Waals surface area contributed by atoms with Crippen molar-refractivity contribution in [3.05, 3.63) is 0 Å². The van der Waals surface area contributed by atoms with E-state index < -0.39 is 0 Å². The molecule has 2 saturated heterocycles. The molecule has 1 saturated carbocycles. The predicted molar refractivity (Wildman–Crippen MR) is 80.7 cm³/mol. The molecule has 2 N–H and O–H groups in total. The molecule has 0 bridgehead atoms. The summed E-state index contributed by atoms with van der Waals surface area (Å²) in [7, 11) is 0. The van der Waals surface area contributed by atoms with Crippen LogP contribution in [0.4, 0.5) is 0 Å². The molecule has 21 heavy (non-hydrogen) atoms. The maximum absolute atomic E-state index is 12.3. The number of likely N-dealkylation sites (tertiary alicyclic amines) is 1. The fraction of sp³-hybridized carbons (Fsp3) is 0.875. The number of carbonyl (C=O) groups is 2. The van der Waals surface area contributed by atoms with E-state index in [1.807, 2.05) is 11.8 Å². The Labute approximate surface area is 126 Å². The minimum absolute atomic E-state index is 0.0161. The van der Waals surface area contributed by atoms with Crippen LogP contribution in [0.3, 0.4) is 0 Å². The first-order chi connectivity index (χ1) is 10.1. The van der Waals surface area contributed by atoms with Gasteiger partial charge < -0.3 is 15.5 Å². The van der Waals surface area contributed by atoms with Crippen molar-refractivity contribution in [3.8, 4) is 0 Å². The maximum Gasteiger partial charge on any atom is 0.225 e. The summed E-state index contributed by atoms with van der Waals surface area (Å²) in [6.45, 7) is 4.58. The second-order valence-corrected chi connectivity index (χ2v) is 6.95. The lowest BCUT2D eigenvalue weighted by Crippen LogP contribution is -2.51. The SMILES string of the molecule is CC(C(=O)NC1CC(=O)N(C2CCCCC2)C1)C1CNC1.